The predicted molar refractivity (Wildman–Crippen MR) is 97.1 cm³/mol. The molecule has 0 saturated carbocycles. The number of nitrogens with zero attached hydrogens (tertiary/aromatic N) is 4. The van der Waals surface area contributed by atoms with Crippen LogP contribution in [0.15, 0.2) is 82.7 Å². The van der Waals surface area contributed by atoms with Crippen molar-refractivity contribution in [3.8, 4) is 11.5 Å². The molecule has 0 amide bonds. The molecule has 0 N–H and O–H groups in total. The predicted octanol–water partition coefficient (Wildman–Crippen LogP) is 4.27. The van der Waals surface area contributed by atoms with Crippen LogP contribution in [0, 0.1) is 0 Å². The Bertz CT molecular complexity index is 934. The number of benzene rings is 2. The maximum Gasteiger partial charge on any atom is 0.277 e. The molecule has 0 spiro atoms. The molecule has 0 aliphatic rings. The molecule has 0 aliphatic heterocycles. The second kappa shape index (κ2) is 7.36. The smallest absolute Gasteiger partial charge is 0.277 e. The van der Waals surface area contributed by atoms with Gasteiger partial charge in [-0.25, -0.2) is 4.98 Å². The third kappa shape index (κ3) is 3.80. The summed E-state index contributed by atoms with van der Waals surface area (Å²) in [4.78, 5) is 4.44. The second-order valence-electron chi connectivity index (χ2n) is 5.48. The van der Waals surface area contributed by atoms with Gasteiger partial charge in [0.15, 0.2) is 0 Å². The summed E-state index contributed by atoms with van der Waals surface area (Å²) in [5, 5.41) is 8.78. The Morgan fingerprint density at radius 1 is 0.920 bits per heavy atom. The van der Waals surface area contributed by atoms with Crippen molar-refractivity contribution in [2.24, 2.45) is 0 Å². The molecule has 0 saturated heterocycles. The van der Waals surface area contributed by atoms with Crippen molar-refractivity contribution in [3.05, 3.63) is 84.4 Å². The molecule has 0 bridgehead atoms. The van der Waals surface area contributed by atoms with Crippen molar-refractivity contribution in [1.29, 1.82) is 0 Å². The van der Waals surface area contributed by atoms with Gasteiger partial charge in [0.1, 0.15) is 5.82 Å². The van der Waals surface area contributed by atoms with Crippen LogP contribution in [0.2, 0.25) is 0 Å². The molecule has 0 radical (unpaired) electrons. The van der Waals surface area contributed by atoms with Gasteiger partial charge in [-0.05, 0) is 17.7 Å². The van der Waals surface area contributed by atoms with E-state index in [1.165, 1.54) is 17.3 Å². The standard InChI is InChI=1S/C19H16N4OS/c1-3-7-15(8-4-1)13-23-12-11-20-17(23)14-25-19-22-21-18(24-19)16-9-5-2-6-10-16/h1-12H,13-14H2. The molecule has 2 aromatic heterocycles. The SMILES string of the molecule is c1ccc(Cn2ccnc2CSc2nnc(-c3ccccc3)o2)cc1. The lowest BCUT2D eigenvalue weighted by Crippen LogP contribution is -2.03. The lowest BCUT2D eigenvalue weighted by atomic mass is 10.2. The maximum absolute atomic E-state index is 5.73. The number of hydrogen-bond donors (Lipinski definition) is 0. The van der Waals surface area contributed by atoms with Crippen molar-refractivity contribution in [2.75, 3.05) is 0 Å². The Morgan fingerprint density at radius 2 is 1.68 bits per heavy atom. The number of aromatic nitrogens is 4. The first-order chi connectivity index (χ1) is 12.4. The number of imidazole rings is 1. The molecular weight excluding hydrogens is 332 g/mol. The Morgan fingerprint density at radius 3 is 2.48 bits per heavy atom. The van der Waals surface area contributed by atoms with E-state index >= 15 is 0 Å². The summed E-state index contributed by atoms with van der Waals surface area (Å²) in [6.07, 6.45) is 3.81. The fraction of sp³-hybridized carbons (Fsp3) is 0.105. The van der Waals surface area contributed by atoms with Crippen molar-refractivity contribution in [3.63, 3.8) is 0 Å². The highest BCUT2D eigenvalue weighted by atomic mass is 32.2. The zero-order valence-corrected chi connectivity index (χ0v) is 14.3. The highest BCUT2D eigenvalue weighted by Gasteiger charge is 2.11. The van der Waals surface area contributed by atoms with Crippen molar-refractivity contribution >= 4 is 11.8 Å². The molecule has 5 nitrogen and oxygen atoms in total. The number of thioether (sulfide) groups is 1. The summed E-state index contributed by atoms with van der Waals surface area (Å²) < 4.78 is 7.87. The first-order valence-electron chi connectivity index (χ1n) is 7.94. The van der Waals surface area contributed by atoms with Gasteiger partial charge in [-0.1, -0.05) is 60.3 Å². The number of rotatable bonds is 6. The summed E-state index contributed by atoms with van der Waals surface area (Å²) in [7, 11) is 0. The van der Waals surface area contributed by atoms with Gasteiger partial charge < -0.3 is 8.98 Å². The molecule has 2 heterocycles. The van der Waals surface area contributed by atoms with Crippen LogP contribution in [0.3, 0.4) is 0 Å². The molecule has 0 fully saturated rings. The molecule has 4 aromatic rings. The van der Waals surface area contributed by atoms with Gasteiger partial charge in [0.05, 0.1) is 5.75 Å². The average Bonchev–Trinajstić information content (AvgIpc) is 3.31. The third-order valence-corrected chi connectivity index (χ3v) is 4.56. The zero-order valence-electron chi connectivity index (χ0n) is 13.4. The van der Waals surface area contributed by atoms with Crippen LogP contribution in [-0.2, 0) is 12.3 Å². The van der Waals surface area contributed by atoms with Crippen LogP contribution in [0.4, 0.5) is 0 Å². The second-order valence-corrected chi connectivity index (χ2v) is 6.41. The fourth-order valence-electron chi connectivity index (χ4n) is 2.50. The van der Waals surface area contributed by atoms with E-state index in [-0.39, 0.29) is 0 Å². The maximum atomic E-state index is 5.73. The van der Waals surface area contributed by atoms with E-state index in [0.29, 0.717) is 16.9 Å². The molecule has 6 heteroatoms. The lowest BCUT2D eigenvalue weighted by Gasteiger charge is -2.06. The molecule has 0 aliphatic carbocycles. The van der Waals surface area contributed by atoms with Gasteiger partial charge in [-0.2, -0.15) is 0 Å². The van der Waals surface area contributed by atoms with Crippen LogP contribution in [0.25, 0.3) is 11.5 Å². The van der Waals surface area contributed by atoms with E-state index in [4.69, 9.17) is 4.42 Å². The quantitative estimate of drug-likeness (QED) is 0.487. The summed E-state index contributed by atoms with van der Waals surface area (Å²) in [5.74, 6) is 2.19. The van der Waals surface area contributed by atoms with Crippen molar-refractivity contribution in [2.45, 2.75) is 17.5 Å². The van der Waals surface area contributed by atoms with Crippen LogP contribution < -0.4 is 0 Å². The molecule has 4 rings (SSSR count). The van der Waals surface area contributed by atoms with Crippen LogP contribution in [0.1, 0.15) is 11.4 Å². The minimum Gasteiger partial charge on any atom is -0.411 e. The summed E-state index contributed by atoms with van der Waals surface area (Å²) >= 11 is 1.49. The number of hydrogen-bond acceptors (Lipinski definition) is 5. The van der Waals surface area contributed by atoms with Crippen molar-refractivity contribution in [1.82, 2.24) is 19.7 Å². The van der Waals surface area contributed by atoms with E-state index in [2.05, 4.69) is 31.9 Å². The van der Waals surface area contributed by atoms with Crippen LogP contribution in [-0.4, -0.2) is 19.7 Å². The van der Waals surface area contributed by atoms with Gasteiger partial charge >= 0.3 is 0 Å². The molecule has 25 heavy (non-hydrogen) atoms. The molecule has 0 atom stereocenters. The van der Waals surface area contributed by atoms with E-state index in [1.807, 2.05) is 60.9 Å². The van der Waals surface area contributed by atoms with E-state index in [1.54, 1.807) is 0 Å². The normalized spacial score (nSPS) is 10.9. The Kier molecular flexibility index (Phi) is 4.61. The Hall–Kier alpha value is -2.86. The summed E-state index contributed by atoms with van der Waals surface area (Å²) in [6, 6.07) is 20.1. The highest BCUT2D eigenvalue weighted by Crippen LogP contribution is 2.25. The third-order valence-electron chi connectivity index (χ3n) is 3.75. The fourth-order valence-corrected chi connectivity index (χ4v) is 3.23. The molecular formula is C19H16N4OS. The van der Waals surface area contributed by atoms with E-state index in [0.717, 1.165) is 17.9 Å². The van der Waals surface area contributed by atoms with E-state index < -0.39 is 0 Å². The first kappa shape index (κ1) is 15.7. The summed E-state index contributed by atoms with van der Waals surface area (Å²) in [6.45, 7) is 0.801. The average molecular weight is 348 g/mol. The van der Waals surface area contributed by atoms with Gasteiger partial charge in [-0.15, -0.1) is 10.2 Å². The van der Waals surface area contributed by atoms with Gasteiger partial charge in [-0.3, -0.25) is 0 Å². The highest BCUT2D eigenvalue weighted by molar-refractivity contribution is 7.98. The monoisotopic (exact) mass is 348 g/mol. The molecule has 2 aromatic carbocycles. The van der Waals surface area contributed by atoms with E-state index in [9.17, 15) is 0 Å². The Labute approximate surface area is 149 Å². The molecule has 124 valence electrons. The first-order valence-corrected chi connectivity index (χ1v) is 8.93. The van der Waals surface area contributed by atoms with Crippen molar-refractivity contribution < 1.29 is 4.42 Å². The lowest BCUT2D eigenvalue weighted by molar-refractivity contribution is 0.465. The largest absolute Gasteiger partial charge is 0.411 e. The van der Waals surface area contributed by atoms with Crippen LogP contribution >= 0.6 is 11.8 Å². The summed E-state index contributed by atoms with van der Waals surface area (Å²) in [5.41, 5.74) is 2.17. The van der Waals surface area contributed by atoms with Crippen LogP contribution in [0.5, 0.6) is 0 Å². The molecule has 0 unspecified atom stereocenters. The topological polar surface area (TPSA) is 56.7 Å². The Balaban J connectivity index is 1.43. The van der Waals surface area contributed by atoms with Gasteiger partial charge in [0.25, 0.3) is 5.22 Å². The van der Waals surface area contributed by atoms with Gasteiger partial charge in [0, 0.05) is 24.5 Å². The zero-order chi connectivity index (χ0) is 16.9. The minimum atomic E-state index is 0.538. The van der Waals surface area contributed by atoms with Gasteiger partial charge in [0.2, 0.25) is 5.89 Å². The minimum absolute atomic E-state index is 0.538.